The van der Waals surface area contributed by atoms with Gasteiger partial charge in [0.05, 0.1) is 11.1 Å². The van der Waals surface area contributed by atoms with Gasteiger partial charge in [-0.05, 0) is 18.2 Å². The van der Waals surface area contributed by atoms with E-state index in [4.69, 9.17) is 23.2 Å². The van der Waals surface area contributed by atoms with Crippen LogP contribution < -0.4 is 10.9 Å². The van der Waals surface area contributed by atoms with Gasteiger partial charge < -0.3 is 5.32 Å². The number of halogens is 2. The monoisotopic (exact) mass is 341 g/mol. The summed E-state index contributed by atoms with van der Waals surface area (Å²) in [6.07, 6.45) is 1.01. The van der Waals surface area contributed by atoms with E-state index in [-0.39, 0.29) is 12.2 Å². The normalized spacial score (nSPS) is 10.3. The maximum absolute atomic E-state index is 11.9. The SMILES string of the molecule is O=C(Cn1cc([N+](=O)[O-])ccc1=O)Nc1cc(Cl)cc(Cl)c1. The summed E-state index contributed by atoms with van der Waals surface area (Å²) in [5, 5.41) is 13.9. The molecule has 0 aliphatic carbocycles. The van der Waals surface area contributed by atoms with Crippen LogP contribution in [0.1, 0.15) is 0 Å². The second kappa shape index (κ2) is 6.59. The van der Waals surface area contributed by atoms with Gasteiger partial charge >= 0.3 is 0 Å². The van der Waals surface area contributed by atoms with Gasteiger partial charge in [0.1, 0.15) is 6.54 Å². The van der Waals surface area contributed by atoms with E-state index in [0.717, 1.165) is 22.9 Å². The Morgan fingerprint density at radius 2 is 1.86 bits per heavy atom. The number of hydrogen-bond donors (Lipinski definition) is 1. The van der Waals surface area contributed by atoms with Crippen LogP contribution in [0.3, 0.4) is 0 Å². The number of carbonyl (C=O) groups excluding carboxylic acids is 1. The average molecular weight is 342 g/mol. The maximum atomic E-state index is 11.9. The smallest absolute Gasteiger partial charge is 0.285 e. The van der Waals surface area contributed by atoms with E-state index in [9.17, 15) is 19.7 Å². The summed E-state index contributed by atoms with van der Waals surface area (Å²) in [5.74, 6) is -0.541. The van der Waals surface area contributed by atoms with Crippen LogP contribution in [-0.4, -0.2) is 15.4 Å². The molecule has 0 bridgehead atoms. The van der Waals surface area contributed by atoms with Crippen LogP contribution in [0.25, 0.3) is 0 Å². The highest BCUT2D eigenvalue weighted by atomic mass is 35.5. The molecule has 1 amide bonds. The fourth-order valence-electron chi connectivity index (χ4n) is 1.73. The van der Waals surface area contributed by atoms with Gasteiger partial charge in [0.2, 0.25) is 5.91 Å². The van der Waals surface area contributed by atoms with Gasteiger partial charge in [-0.2, -0.15) is 0 Å². The van der Waals surface area contributed by atoms with Crippen LogP contribution in [0.5, 0.6) is 0 Å². The summed E-state index contributed by atoms with van der Waals surface area (Å²) in [4.78, 5) is 33.5. The third-order valence-electron chi connectivity index (χ3n) is 2.64. The van der Waals surface area contributed by atoms with Crippen LogP contribution >= 0.6 is 23.2 Å². The molecule has 7 nitrogen and oxygen atoms in total. The fourth-order valence-corrected chi connectivity index (χ4v) is 2.26. The molecule has 1 aromatic carbocycles. The van der Waals surface area contributed by atoms with Crippen molar-refractivity contribution in [1.29, 1.82) is 0 Å². The predicted octanol–water partition coefficient (Wildman–Crippen LogP) is 2.70. The fraction of sp³-hybridized carbons (Fsp3) is 0.0769. The lowest BCUT2D eigenvalue weighted by Crippen LogP contribution is -2.26. The highest BCUT2D eigenvalue weighted by Crippen LogP contribution is 2.22. The lowest BCUT2D eigenvalue weighted by molar-refractivity contribution is -0.385. The molecule has 0 fully saturated rings. The first kappa shape index (κ1) is 16.0. The summed E-state index contributed by atoms with van der Waals surface area (Å²) in [5.41, 5.74) is -0.441. The van der Waals surface area contributed by atoms with Crippen molar-refractivity contribution in [2.75, 3.05) is 5.32 Å². The summed E-state index contributed by atoms with van der Waals surface area (Å²) in [6, 6.07) is 6.59. The van der Waals surface area contributed by atoms with E-state index >= 15 is 0 Å². The average Bonchev–Trinajstić information content (AvgIpc) is 2.39. The van der Waals surface area contributed by atoms with Crippen molar-refractivity contribution in [3.05, 3.63) is 67.0 Å². The summed E-state index contributed by atoms with van der Waals surface area (Å²) in [6.45, 7) is -0.370. The number of amides is 1. The third kappa shape index (κ3) is 4.06. The lowest BCUT2D eigenvalue weighted by Gasteiger charge is -2.08. The van der Waals surface area contributed by atoms with Crippen molar-refractivity contribution in [1.82, 2.24) is 4.57 Å². The van der Waals surface area contributed by atoms with E-state index in [1.807, 2.05) is 0 Å². The molecule has 0 saturated heterocycles. The van der Waals surface area contributed by atoms with Crippen molar-refractivity contribution >= 4 is 40.5 Å². The van der Waals surface area contributed by atoms with Crippen LogP contribution in [-0.2, 0) is 11.3 Å². The first-order valence-corrected chi connectivity index (χ1v) is 6.71. The summed E-state index contributed by atoms with van der Waals surface area (Å²) >= 11 is 11.6. The number of pyridine rings is 1. The molecular formula is C13H9Cl2N3O4. The number of nitro groups is 1. The highest BCUT2D eigenvalue weighted by molar-refractivity contribution is 6.35. The second-order valence-electron chi connectivity index (χ2n) is 4.32. The molecule has 1 N–H and O–H groups in total. The van der Waals surface area contributed by atoms with Gasteiger partial charge in [-0.3, -0.25) is 24.3 Å². The molecule has 0 saturated carbocycles. The number of hydrogen-bond acceptors (Lipinski definition) is 4. The van der Waals surface area contributed by atoms with Crippen molar-refractivity contribution in [2.24, 2.45) is 0 Å². The van der Waals surface area contributed by atoms with Gasteiger partial charge in [0.15, 0.2) is 0 Å². The second-order valence-corrected chi connectivity index (χ2v) is 5.19. The van der Waals surface area contributed by atoms with E-state index in [0.29, 0.717) is 15.7 Å². The van der Waals surface area contributed by atoms with Crippen LogP contribution in [0.4, 0.5) is 11.4 Å². The third-order valence-corrected chi connectivity index (χ3v) is 3.08. The predicted molar refractivity (Wildman–Crippen MR) is 82.4 cm³/mol. The van der Waals surface area contributed by atoms with Gasteiger partial charge in [-0.25, -0.2) is 0 Å². The number of benzene rings is 1. The summed E-state index contributed by atoms with van der Waals surface area (Å²) < 4.78 is 0.944. The first-order valence-electron chi connectivity index (χ1n) is 5.96. The molecule has 0 aliphatic heterocycles. The first-order chi connectivity index (χ1) is 10.3. The molecule has 0 atom stereocenters. The number of aromatic nitrogens is 1. The van der Waals surface area contributed by atoms with Crippen LogP contribution in [0.15, 0.2) is 41.3 Å². The minimum Gasteiger partial charge on any atom is -0.324 e. The van der Waals surface area contributed by atoms with E-state index < -0.39 is 16.4 Å². The van der Waals surface area contributed by atoms with Crippen molar-refractivity contribution in [3.63, 3.8) is 0 Å². The number of anilines is 1. The summed E-state index contributed by atoms with van der Waals surface area (Å²) in [7, 11) is 0. The standard InChI is InChI=1S/C13H9Cl2N3O4/c14-8-3-9(15)5-10(4-8)16-12(19)7-17-6-11(18(21)22)1-2-13(17)20/h1-6H,7H2,(H,16,19). The molecule has 2 aromatic rings. The quantitative estimate of drug-likeness (QED) is 0.683. The minimum atomic E-state index is -0.648. The Morgan fingerprint density at radius 3 is 2.45 bits per heavy atom. The topological polar surface area (TPSA) is 94.2 Å². The van der Waals surface area contributed by atoms with Crippen LogP contribution in [0.2, 0.25) is 10.0 Å². The molecule has 0 unspecified atom stereocenters. The van der Waals surface area contributed by atoms with Gasteiger partial charge in [-0.1, -0.05) is 23.2 Å². The largest absolute Gasteiger partial charge is 0.324 e. The maximum Gasteiger partial charge on any atom is 0.285 e. The molecule has 0 aliphatic rings. The van der Waals surface area contributed by atoms with Gasteiger partial charge in [0.25, 0.3) is 11.2 Å². The highest BCUT2D eigenvalue weighted by Gasteiger charge is 2.11. The van der Waals surface area contributed by atoms with Crippen LogP contribution in [0, 0.1) is 10.1 Å². The Kier molecular flexibility index (Phi) is 4.79. The molecule has 9 heteroatoms. The molecule has 1 aromatic heterocycles. The zero-order valence-electron chi connectivity index (χ0n) is 11.0. The molecule has 114 valence electrons. The lowest BCUT2D eigenvalue weighted by atomic mass is 10.3. The van der Waals surface area contributed by atoms with E-state index in [1.165, 1.54) is 18.2 Å². The molecule has 0 spiro atoms. The molecule has 0 radical (unpaired) electrons. The van der Waals surface area contributed by atoms with Gasteiger partial charge in [-0.15, -0.1) is 0 Å². The van der Waals surface area contributed by atoms with Gasteiger partial charge in [0, 0.05) is 27.9 Å². The molecule has 1 heterocycles. The molecule has 2 rings (SSSR count). The minimum absolute atomic E-state index is 0.279. The molecule has 22 heavy (non-hydrogen) atoms. The zero-order valence-corrected chi connectivity index (χ0v) is 12.5. The Bertz CT molecular complexity index is 784. The van der Waals surface area contributed by atoms with Crippen molar-refractivity contribution < 1.29 is 9.72 Å². The van der Waals surface area contributed by atoms with Crippen molar-refractivity contribution in [2.45, 2.75) is 6.54 Å². The Balaban J connectivity index is 2.17. The zero-order chi connectivity index (χ0) is 16.3. The Morgan fingerprint density at radius 1 is 1.23 bits per heavy atom. The van der Waals surface area contributed by atoms with E-state index in [1.54, 1.807) is 0 Å². The number of rotatable bonds is 4. The molecular weight excluding hydrogens is 333 g/mol. The number of carbonyl (C=O) groups is 1. The Hall–Kier alpha value is -2.38. The van der Waals surface area contributed by atoms with Crippen molar-refractivity contribution in [3.8, 4) is 0 Å². The number of nitrogens with zero attached hydrogens (tertiary/aromatic N) is 2. The number of nitrogens with one attached hydrogen (secondary N) is 1. The van der Waals surface area contributed by atoms with E-state index in [2.05, 4.69) is 5.32 Å². The Labute approximate surface area is 134 Å².